The van der Waals surface area contributed by atoms with Crippen molar-refractivity contribution in [2.45, 2.75) is 90.9 Å². The van der Waals surface area contributed by atoms with Gasteiger partial charge < -0.3 is 13.9 Å². The number of pyridine rings is 1. The Morgan fingerprint density at radius 3 is 1.84 bits per heavy atom. The first kappa shape index (κ1) is 44.6. The fraction of sp³-hybridized carbons (Fsp3) is 0.241. The molecule has 0 aliphatic rings. The van der Waals surface area contributed by atoms with Crippen molar-refractivity contribution in [2.75, 3.05) is 0 Å². The Hall–Kier alpha value is -6.03. The molecule has 0 unspecified atom stereocenters. The largest absolute Gasteiger partial charge is 0.510 e. The molecule has 0 N–H and O–H groups in total. The molecule has 0 amide bonds. The molecular formula is C58H56N4OPt-2. The minimum absolute atomic E-state index is 0. The summed E-state index contributed by atoms with van der Waals surface area (Å²) in [4.78, 5) is 4.98. The van der Waals surface area contributed by atoms with Crippen molar-refractivity contribution in [3.05, 3.63) is 210 Å². The van der Waals surface area contributed by atoms with Crippen LogP contribution < -0.4 is 9.30 Å². The maximum absolute atomic E-state index is 6.61. The molecule has 0 spiro atoms. The van der Waals surface area contributed by atoms with Crippen LogP contribution in [0, 0.1) is 18.5 Å². The summed E-state index contributed by atoms with van der Waals surface area (Å²) in [5.74, 6) is 2.01. The quantitative estimate of drug-likeness (QED) is 0.107. The molecule has 0 aliphatic heterocycles. The molecule has 6 aromatic carbocycles. The van der Waals surface area contributed by atoms with Gasteiger partial charge in [-0.05, 0) is 85.6 Å². The van der Waals surface area contributed by atoms with Crippen LogP contribution >= 0.6 is 0 Å². The number of nitrogens with zero attached hydrogens (tertiary/aromatic N) is 4. The van der Waals surface area contributed by atoms with E-state index in [0.717, 1.165) is 39.0 Å². The molecular weight excluding hydrogens is 964 g/mol. The van der Waals surface area contributed by atoms with Crippen LogP contribution in [0.3, 0.4) is 0 Å². The summed E-state index contributed by atoms with van der Waals surface area (Å²) in [5.41, 5.74) is 10.9. The Bertz CT molecular complexity index is 3110. The average molecular weight is 1020 g/mol. The van der Waals surface area contributed by atoms with E-state index in [4.69, 9.17) is 9.72 Å². The first-order chi connectivity index (χ1) is 30.0. The Labute approximate surface area is 393 Å². The monoisotopic (exact) mass is 1020 g/mol. The van der Waals surface area contributed by atoms with Gasteiger partial charge in [0.05, 0.1) is 5.69 Å². The van der Waals surface area contributed by atoms with Gasteiger partial charge in [-0.3, -0.25) is 4.57 Å². The summed E-state index contributed by atoms with van der Waals surface area (Å²) in [6, 6.07) is 56.7. The Morgan fingerprint density at radius 2 is 1.17 bits per heavy atom. The molecule has 5 nitrogen and oxygen atoms in total. The van der Waals surface area contributed by atoms with Gasteiger partial charge in [-0.2, -0.15) is 18.2 Å². The van der Waals surface area contributed by atoms with Crippen LogP contribution in [-0.4, -0.2) is 14.1 Å². The van der Waals surface area contributed by atoms with Crippen molar-refractivity contribution in [1.29, 1.82) is 0 Å². The maximum atomic E-state index is 6.61. The maximum Gasteiger partial charge on any atom is 0.267 e. The van der Waals surface area contributed by atoms with E-state index >= 15 is 0 Å². The van der Waals surface area contributed by atoms with Crippen molar-refractivity contribution in [3.63, 3.8) is 0 Å². The van der Waals surface area contributed by atoms with E-state index in [0.29, 0.717) is 11.5 Å². The second-order valence-corrected chi connectivity index (χ2v) is 19.9. The van der Waals surface area contributed by atoms with Gasteiger partial charge in [0.25, 0.3) is 6.33 Å². The molecule has 9 rings (SSSR count). The van der Waals surface area contributed by atoms with Crippen LogP contribution in [0.1, 0.15) is 103 Å². The summed E-state index contributed by atoms with van der Waals surface area (Å²) >= 11 is 0. The van der Waals surface area contributed by atoms with Gasteiger partial charge in [0.15, 0.2) is 0 Å². The number of ether oxygens (including phenoxy) is 1. The van der Waals surface area contributed by atoms with Gasteiger partial charge in [0, 0.05) is 67.5 Å². The SMILES string of the molecule is CC(C)(C)c1cc(-[n+]2[c-]n(-c3[c-]c(Oc4[c-]c5c(cc4)c4cc(C(C)(C)C)ccc4n5-c4cc(C(C)(C)c5ccccc5)ccn4)ccc3)cc2)cc(C(C)(C)c2ccccc2)c1.[Pt]. The van der Waals surface area contributed by atoms with Gasteiger partial charge in [-0.1, -0.05) is 154 Å². The van der Waals surface area contributed by atoms with E-state index in [9.17, 15) is 0 Å². The van der Waals surface area contributed by atoms with E-state index in [-0.39, 0.29) is 42.7 Å². The molecule has 0 saturated carbocycles. The predicted molar refractivity (Wildman–Crippen MR) is 257 cm³/mol. The number of hydrogen-bond acceptors (Lipinski definition) is 2. The van der Waals surface area contributed by atoms with Crippen molar-refractivity contribution in [2.24, 2.45) is 0 Å². The summed E-state index contributed by atoms with van der Waals surface area (Å²) in [6.07, 6.45) is 9.56. The van der Waals surface area contributed by atoms with Crippen molar-refractivity contribution in [1.82, 2.24) is 14.1 Å². The second kappa shape index (κ2) is 16.8. The smallest absolute Gasteiger partial charge is 0.267 e. The molecule has 0 fully saturated rings. The van der Waals surface area contributed by atoms with E-state index in [1.807, 2.05) is 41.2 Å². The van der Waals surface area contributed by atoms with Gasteiger partial charge in [-0.25, -0.2) is 4.98 Å². The number of benzene rings is 6. The third kappa shape index (κ3) is 8.51. The van der Waals surface area contributed by atoms with Crippen LogP contribution in [0.4, 0.5) is 0 Å². The Morgan fingerprint density at radius 1 is 0.531 bits per heavy atom. The molecule has 0 aliphatic carbocycles. The molecule has 0 atom stereocenters. The van der Waals surface area contributed by atoms with Crippen LogP contribution in [-0.2, 0) is 42.7 Å². The minimum Gasteiger partial charge on any atom is -0.510 e. The molecule has 0 bridgehead atoms. The Kier molecular flexibility index (Phi) is 11.7. The first-order valence-corrected chi connectivity index (χ1v) is 22.0. The molecule has 9 aromatic rings. The molecule has 326 valence electrons. The number of fused-ring (bicyclic) bond motifs is 3. The van der Waals surface area contributed by atoms with Crippen LogP contribution in [0.15, 0.2) is 158 Å². The number of hydrogen-bond donors (Lipinski definition) is 0. The van der Waals surface area contributed by atoms with Crippen LogP contribution in [0.5, 0.6) is 11.5 Å². The molecule has 0 saturated heterocycles. The zero-order valence-corrected chi connectivity index (χ0v) is 40.8. The van der Waals surface area contributed by atoms with Crippen LogP contribution in [0.25, 0.3) is 39.0 Å². The standard InChI is InChI=1S/C58H56N4O.Pt/c1-55(2,3)42-24-27-52-51(35-42)50-26-25-49(38-53(50)62(52)54-36-43(28-29-59-54)57(7,8)40-18-13-11-14-19-40)63-48-23-17-22-46(37-48)60-30-31-61(39-60)47-33-44(56(4,5)6)32-45(34-47)58(9,10)41-20-15-12-16-21-41;/h11-36H,1-10H3;/q-2;. The van der Waals surface area contributed by atoms with E-state index < -0.39 is 0 Å². The van der Waals surface area contributed by atoms with Crippen molar-refractivity contribution >= 4 is 21.8 Å². The van der Waals surface area contributed by atoms with Gasteiger partial charge in [0.2, 0.25) is 0 Å². The average Bonchev–Trinajstić information content (AvgIpc) is 3.90. The number of imidazole rings is 1. The molecule has 3 heterocycles. The van der Waals surface area contributed by atoms with Crippen molar-refractivity contribution < 1.29 is 30.4 Å². The summed E-state index contributed by atoms with van der Waals surface area (Å²) in [7, 11) is 0. The number of aromatic nitrogens is 4. The zero-order chi connectivity index (χ0) is 44.3. The fourth-order valence-corrected chi connectivity index (χ4v) is 8.55. The Balaban J connectivity index is 0.00000560. The fourth-order valence-electron chi connectivity index (χ4n) is 8.55. The molecule has 64 heavy (non-hydrogen) atoms. The first-order valence-electron chi connectivity index (χ1n) is 22.0. The second-order valence-electron chi connectivity index (χ2n) is 19.9. The van der Waals surface area contributed by atoms with Gasteiger partial charge >= 0.3 is 0 Å². The topological polar surface area (TPSA) is 35.9 Å². The van der Waals surface area contributed by atoms with Gasteiger partial charge in [-0.15, -0.1) is 29.7 Å². The third-order valence-corrected chi connectivity index (χ3v) is 12.8. The number of rotatable bonds is 9. The van der Waals surface area contributed by atoms with E-state index in [1.165, 1.54) is 33.4 Å². The zero-order valence-electron chi connectivity index (χ0n) is 38.5. The van der Waals surface area contributed by atoms with Crippen LogP contribution in [0.2, 0.25) is 0 Å². The predicted octanol–water partition coefficient (Wildman–Crippen LogP) is 13.7. The molecule has 3 aromatic heterocycles. The summed E-state index contributed by atoms with van der Waals surface area (Å²) in [5, 5.41) is 2.25. The minimum atomic E-state index is -0.231. The third-order valence-electron chi connectivity index (χ3n) is 12.8. The summed E-state index contributed by atoms with van der Waals surface area (Å²) in [6.45, 7) is 22.7. The van der Waals surface area contributed by atoms with E-state index in [1.54, 1.807) is 0 Å². The van der Waals surface area contributed by atoms with Crippen molar-refractivity contribution in [3.8, 4) is 28.7 Å². The normalized spacial score (nSPS) is 12.4. The molecule has 6 heteroatoms. The van der Waals surface area contributed by atoms with Gasteiger partial charge in [0.1, 0.15) is 5.82 Å². The summed E-state index contributed by atoms with van der Waals surface area (Å²) < 4.78 is 12.9. The van der Waals surface area contributed by atoms with E-state index in [2.05, 4.69) is 218 Å². The molecule has 0 radical (unpaired) electrons.